The lowest BCUT2D eigenvalue weighted by atomic mass is 9.81. The average molecular weight is 229 g/mol. The SMILES string of the molecule is CCNC1CCC(c2cccnc2C#N)CC1. The van der Waals surface area contributed by atoms with Gasteiger partial charge in [0.1, 0.15) is 11.8 Å². The van der Waals surface area contributed by atoms with Crippen molar-refractivity contribution in [3.05, 3.63) is 29.6 Å². The Morgan fingerprint density at radius 1 is 1.41 bits per heavy atom. The molecule has 0 radical (unpaired) electrons. The van der Waals surface area contributed by atoms with Gasteiger partial charge in [-0.3, -0.25) is 0 Å². The van der Waals surface area contributed by atoms with E-state index in [4.69, 9.17) is 5.26 Å². The predicted octanol–water partition coefficient (Wildman–Crippen LogP) is 2.59. The predicted molar refractivity (Wildman–Crippen MR) is 67.6 cm³/mol. The largest absolute Gasteiger partial charge is 0.314 e. The average Bonchev–Trinajstić information content (AvgIpc) is 2.40. The van der Waals surface area contributed by atoms with Crippen LogP contribution in [0.5, 0.6) is 0 Å². The van der Waals surface area contributed by atoms with E-state index in [1.807, 2.05) is 6.07 Å². The number of nitrogens with zero attached hydrogens (tertiary/aromatic N) is 2. The second kappa shape index (κ2) is 5.79. The van der Waals surface area contributed by atoms with Crippen molar-refractivity contribution in [2.45, 2.75) is 44.6 Å². The highest BCUT2D eigenvalue weighted by Crippen LogP contribution is 2.33. The fourth-order valence-electron chi connectivity index (χ4n) is 2.74. The number of hydrogen-bond acceptors (Lipinski definition) is 3. The van der Waals surface area contributed by atoms with Crippen molar-refractivity contribution in [3.8, 4) is 6.07 Å². The summed E-state index contributed by atoms with van der Waals surface area (Å²) in [5.41, 5.74) is 1.75. The second-order valence-corrected chi connectivity index (χ2v) is 4.66. The maximum Gasteiger partial charge on any atom is 0.143 e. The van der Waals surface area contributed by atoms with E-state index in [2.05, 4.69) is 29.4 Å². The van der Waals surface area contributed by atoms with Crippen LogP contribution in [-0.2, 0) is 0 Å². The molecule has 3 heteroatoms. The van der Waals surface area contributed by atoms with Gasteiger partial charge in [-0.25, -0.2) is 4.98 Å². The van der Waals surface area contributed by atoms with Crippen LogP contribution in [0.1, 0.15) is 49.8 Å². The molecule has 0 bridgehead atoms. The zero-order valence-electron chi connectivity index (χ0n) is 10.3. The Morgan fingerprint density at radius 3 is 2.82 bits per heavy atom. The summed E-state index contributed by atoms with van der Waals surface area (Å²) in [6.07, 6.45) is 6.44. The topological polar surface area (TPSA) is 48.7 Å². The van der Waals surface area contributed by atoms with Crippen LogP contribution in [0.15, 0.2) is 18.3 Å². The summed E-state index contributed by atoms with van der Waals surface area (Å²) in [6.45, 7) is 3.20. The van der Waals surface area contributed by atoms with E-state index in [0.29, 0.717) is 17.7 Å². The van der Waals surface area contributed by atoms with E-state index in [1.165, 1.54) is 12.8 Å². The summed E-state index contributed by atoms with van der Waals surface area (Å²) in [5.74, 6) is 0.522. The summed E-state index contributed by atoms with van der Waals surface area (Å²) in [4.78, 5) is 4.15. The van der Waals surface area contributed by atoms with Crippen molar-refractivity contribution >= 4 is 0 Å². The molecule has 2 rings (SSSR count). The van der Waals surface area contributed by atoms with Gasteiger partial charge in [-0.05, 0) is 49.8 Å². The van der Waals surface area contributed by atoms with Crippen molar-refractivity contribution < 1.29 is 0 Å². The van der Waals surface area contributed by atoms with Gasteiger partial charge in [-0.15, -0.1) is 0 Å². The van der Waals surface area contributed by atoms with Gasteiger partial charge >= 0.3 is 0 Å². The molecule has 3 nitrogen and oxygen atoms in total. The molecule has 0 unspecified atom stereocenters. The van der Waals surface area contributed by atoms with Crippen LogP contribution in [-0.4, -0.2) is 17.6 Å². The van der Waals surface area contributed by atoms with Crippen molar-refractivity contribution in [1.82, 2.24) is 10.3 Å². The highest BCUT2D eigenvalue weighted by Gasteiger charge is 2.23. The van der Waals surface area contributed by atoms with Crippen molar-refractivity contribution in [2.24, 2.45) is 0 Å². The number of nitrogens with one attached hydrogen (secondary N) is 1. The Balaban J connectivity index is 2.03. The van der Waals surface area contributed by atoms with Crippen LogP contribution in [0, 0.1) is 11.3 Å². The first-order valence-electron chi connectivity index (χ1n) is 6.43. The molecule has 0 atom stereocenters. The standard InChI is InChI=1S/C14H19N3/c1-2-16-12-7-5-11(6-8-12)13-4-3-9-17-14(13)10-15/h3-4,9,11-12,16H,2,5-8H2,1H3. The van der Waals surface area contributed by atoms with E-state index >= 15 is 0 Å². The van der Waals surface area contributed by atoms with Gasteiger partial charge in [0, 0.05) is 12.2 Å². The molecule has 1 N–H and O–H groups in total. The molecule has 1 aromatic rings. The van der Waals surface area contributed by atoms with Crippen molar-refractivity contribution in [2.75, 3.05) is 6.54 Å². The van der Waals surface area contributed by atoms with Crippen LogP contribution in [0.2, 0.25) is 0 Å². The Bertz CT molecular complexity index is 400. The van der Waals surface area contributed by atoms with E-state index in [9.17, 15) is 0 Å². The minimum absolute atomic E-state index is 0.522. The van der Waals surface area contributed by atoms with Crippen LogP contribution in [0.25, 0.3) is 0 Å². The number of rotatable bonds is 3. The van der Waals surface area contributed by atoms with Crippen molar-refractivity contribution in [1.29, 1.82) is 5.26 Å². The fraction of sp³-hybridized carbons (Fsp3) is 0.571. The first kappa shape index (κ1) is 12.1. The Hall–Kier alpha value is -1.40. The molecule has 0 aliphatic heterocycles. The molecule has 0 aromatic carbocycles. The molecule has 1 aliphatic rings. The molecular formula is C14H19N3. The number of aromatic nitrogens is 1. The third-order valence-electron chi connectivity index (χ3n) is 3.60. The van der Waals surface area contributed by atoms with Gasteiger partial charge in [0.2, 0.25) is 0 Å². The van der Waals surface area contributed by atoms with Gasteiger partial charge in [0.05, 0.1) is 0 Å². The monoisotopic (exact) mass is 229 g/mol. The molecule has 0 saturated heterocycles. The van der Waals surface area contributed by atoms with Crippen LogP contribution < -0.4 is 5.32 Å². The van der Waals surface area contributed by atoms with Gasteiger partial charge in [0.25, 0.3) is 0 Å². The van der Waals surface area contributed by atoms with Gasteiger partial charge in [0.15, 0.2) is 0 Å². The summed E-state index contributed by atoms with van der Waals surface area (Å²) in [6, 6.07) is 6.86. The summed E-state index contributed by atoms with van der Waals surface area (Å²) in [5, 5.41) is 12.6. The van der Waals surface area contributed by atoms with Crippen LogP contribution >= 0.6 is 0 Å². The molecule has 1 aromatic heterocycles. The second-order valence-electron chi connectivity index (χ2n) is 4.66. The molecule has 0 amide bonds. The zero-order chi connectivity index (χ0) is 12.1. The van der Waals surface area contributed by atoms with Crippen molar-refractivity contribution in [3.63, 3.8) is 0 Å². The van der Waals surface area contributed by atoms with Crippen LogP contribution in [0.3, 0.4) is 0 Å². The number of hydrogen-bond donors (Lipinski definition) is 1. The summed E-state index contributed by atoms with van der Waals surface area (Å²) >= 11 is 0. The van der Waals surface area contributed by atoms with Gasteiger partial charge in [-0.2, -0.15) is 5.26 Å². The Kier molecular flexibility index (Phi) is 4.11. The Labute approximate surface area is 103 Å². The number of pyridine rings is 1. The lowest BCUT2D eigenvalue weighted by molar-refractivity contribution is 0.347. The molecule has 1 aliphatic carbocycles. The van der Waals surface area contributed by atoms with E-state index in [1.54, 1.807) is 6.20 Å². The lowest BCUT2D eigenvalue weighted by Crippen LogP contribution is -2.32. The molecule has 1 fully saturated rings. The summed E-state index contributed by atoms with van der Waals surface area (Å²) in [7, 11) is 0. The van der Waals surface area contributed by atoms with Crippen LogP contribution in [0.4, 0.5) is 0 Å². The molecular weight excluding hydrogens is 210 g/mol. The maximum atomic E-state index is 9.06. The lowest BCUT2D eigenvalue weighted by Gasteiger charge is -2.29. The van der Waals surface area contributed by atoms with E-state index < -0.39 is 0 Å². The van der Waals surface area contributed by atoms with Gasteiger partial charge < -0.3 is 5.32 Å². The van der Waals surface area contributed by atoms with Gasteiger partial charge in [-0.1, -0.05) is 13.0 Å². The van der Waals surface area contributed by atoms with E-state index in [-0.39, 0.29) is 0 Å². The minimum Gasteiger partial charge on any atom is -0.314 e. The molecule has 17 heavy (non-hydrogen) atoms. The molecule has 1 heterocycles. The normalized spacial score (nSPS) is 24.2. The third-order valence-corrected chi connectivity index (χ3v) is 3.60. The smallest absolute Gasteiger partial charge is 0.143 e. The van der Waals surface area contributed by atoms with E-state index in [0.717, 1.165) is 24.9 Å². The molecule has 0 spiro atoms. The first-order chi connectivity index (χ1) is 8.35. The fourth-order valence-corrected chi connectivity index (χ4v) is 2.74. The highest BCUT2D eigenvalue weighted by molar-refractivity contribution is 5.33. The minimum atomic E-state index is 0.522. The first-order valence-corrected chi connectivity index (χ1v) is 6.43. The maximum absolute atomic E-state index is 9.06. The number of nitriles is 1. The molecule has 1 saturated carbocycles. The Morgan fingerprint density at radius 2 is 2.18 bits per heavy atom. The highest BCUT2D eigenvalue weighted by atomic mass is 14.9. The molecule has 90 valence electrons. The third kappa shape index (κ3) is 2.83. The quantitative estimate of drug-likeness (QED) is 0.866. The summed E-state index contributed by atoms with van der Waals surface area (Å²) < 4.78 is 0. The zero-order valence-corrected chi connectivity index (χ0v) is 10.3.